The number of nitrogens with zero attached hydrogens (tertiary/aromatic N) is 3. The Morgan fingerprint density at radius 1 is 1.22 bits per heavy atom. The number of hydrogen-bond acceptors (Lipinski definition) is 6. The number of nitrogen functional groups attached to an aromatic ring is 1. The lowest BCUT2D eigenvalue weighted by atomic mass is 10.2. The average Bonchev–Trinajstić information content (AvgIpc) is 3.00. The number of rotatable bonds is 7. The van der Waals surface area contributed by atoms with Gasteiger partial charge in [0.1, 0.15) is 11.4 Å². The number of H-pyrrole nitrogens is 1. The molecule has 3 N–H and O–H groups in total. The number of anilines is 1. The van der Waals surface area contributed by atoms with E-state index in [1.165, 1.54) is 16.3 Å². The number of imidazole rings is 1. The van der Waals surface area contributed by atoms with Crippen LogP contribution < -0.4 is 17.0 Å². The number of nitrogens with one attached hydrogen (secondary N) is 1. The molecule has 0 atom stereocenters. The Balaban J connectivity index is 1.90. The predicted molar refractivity (Wildman–Crippen MR) is 106 cm³/mol. The molecule has 0 fully saturated rings. The van der Waals surface area contributed by atoms with Gasteiger partial charge in [-0.3, -0.25) is 19.1 Å². The SMILES string of the molecule is CCCn1c(N)c(C(=O)CSc2nc3ccccc3n2CC)c(=O)[nH]c1=O. The highest BCUT2D eigenvalue weighted by molar-refractivity contribution is 7.99. The Hall–Kier alpha value is -2.81. The molecule has 9 heteroatoms. The van der Waals surface area contributed by atoms with Gasteiger partial charge in [-0.1, -0.05) is 30.8 Å². The highest BCUT2D eigenvalue weighted by atomic mass is 32.2. The number of nitrogens with two attached hydrogens (primary N) is 1. The minimum absolute atomic E-state index is 0.000923. The fourth-order valence-corrected chi connectivity index (χ4v) is 3.93. The molecule has 2 heterocycles. The number of fused-ring (bicyclic) bond motifs is 1. The van der Waals surface area contributed by atoms with Crippen LogP contribution in [0.5, 0.6) is 0 Å². The van der Waals surface area contributed by atoms with E-state index in [1.54, 1.807) is 0 Å². The number of aromatic amines is 1. The summed E-state index contributed by atoms with van der Waals surface area (Å²) in [6.07, 6.45) is 0.652. The zero-order chi connectivity index (χ0) is 19.6. The van der Waals surface area contributed by atoms with E-state index in [0.29, 0.717) is 24.7 Å². The van der Waals surface area contributed by atoms with Gasteiger partial charge in [-0.25, -0.2) is 9.78 Å². The number of thioether (sulfide) groups is 1. The second-order valence-electron chi connectivity index (χ2n) is 6.01. The van der Waals surface area contributed by atoms with Gasteiger partial charge < -0.3 is 10.3 Å². The summed E-state index contributed by atoms with van der Waals surface area (Å²) in [5, 5.41) is 0.698. The van der Waals surface area contributed by atoms with Crippen LogP contribution in [0, 0.1) is 0 Å². The maximum Gasteiger partial charge on any atom is 0.329 e. The number of hydrogen-bond donors (Lipinski definition) is 2. The summed E-state index contributed by atoms with van der Waals surface area (Å²) in [7, 11) is 0. The Bertz CT molecular complexity index is 1110. The van der Waals surface area contributed by atoms with Crippen molar-refractivity contribution in [3.05, 3.63) is 50.7 Å². The quantitative estimate of drug-likeness (QED) is 0.472. The Morgan fingerprint density at radius 3 is 2.67 bits per heavy atom. The van der Waals surface area contributed by atoms with Crippen LogP contribution >= 0.6 is 11.8 Å². The van der Waals surface area contributed by atoms with Crippen LogP contribution in [0.3, 0.4) is 0 Å². The average molecular weight is 387 g/mol. The van der Waals surface area contributed by atoms with E-state index in [2.05, 4.69) is 9.97 Å². The number of para-hydroxylation sites is 2. The van der Waals surface area contributed by atoms with Gasteiger partial charge in [0.25, 0.3) is 5.56 Å². The van der Waals surface area contributed by atoms with Gasteiger partial charge in [-0.05, 0) is 25.5 Å². The van der Waals surface area contributed by atoms with Crippen molar-refractivity contribution in [1.29, 1.82) is 0 Å². The van der Waals surface area contributed by atoms with Crippen molar-refractivity contribution in [3.63, 3.8) is 0 Å². The molecule has 0 aliphatic heterocycles. The second kappa shape index (κ2) is 7.83. The van der Waals surface area contributed by atoms with E-state index in [1.807, 2.05) is 42.7 Å². The van der Waals surface area contributed by atoms with Crippen molar-refractivity contribution in [3.8, 4) is 0 Å². The summed E-state index contributed by atoms with van der Waals surface area (Å²) in [5.41, 5.74) is 6.27. The number of aromatic nitrogens is 4. The minimum atomic E-state index is -0.751. The van der Waals surface area contributed by atoms with Gasteiger partial charge >= 0.3 is 5.69 Å². The third-order valence-corrected chi connectivity index (χ3v) is 5.21. The number of carbonyl (C=O) groups is 1. The lowest BCUT2D eigenvalue weighted by molar-refractivity contribution is 0.102. The summed E-state index contributed by atoms with van der Waals surface area (Å²) in [6, 6.07) is 7.73. The fraction of sp³-hybridized carbons (Fsp3) is 0.333. The van der Waals surface area contributed by atoms with Crippen LogP contribution in [0.2, 0.25) is 0 Å². The fourth-order valence-electron chi connectivity index (χ4n) is 2.97. The first-order chi connectivity index (χ1) is 13.0. The van der Waals surface area contributed by atoms with E-state index in [9.17, 15) is 14.4 Å². The lowest BCUT2D eigenvalue weighted by Crippen LogP contribution is -2.36. The van der Waals surface area contributed by atoms with E-state index in [0.717, 1.165) is 11.0 Å². The van der Waals surface area contributed by atoms with E-state index >= 15 is 0 Å². The van der Waals surface area contributed by atoms with E-state index < -0.39 is 17.0 Å². The zero-order valence-electron chi connectivity index (χ0n) is 15.2. The first-order valence-electron chi connectivity index (χ1n) is 8.71. The molecule has 0 unspecified atom stereocenters. The number of Topliss-reactive ketones (excluding diaryl/α,β-unsaturated/α-hetero) is 1. The van der Waals surface area contributed by atoms with Crippen molar-refractivity contribution < 1.29 is 4.79 Å². The third-order valence-electron chi connectivity index (χ3n) is 4.23. The number of benzene rings is 1. The maximum absolute atomic E-state index is 12.7. The molecule has 0 bridgehead atoms. The van der Waals surface area contributed by atoms with Crippen LogP contribution in [0.25, 0.3) is 11.0 Å². The molecule has 3 rings (SSSR count). The van der Waals surface area contributed by atoms with Crippen LogP contribution in [0.4, 0.5) is 5.82 Å². The highest BCUT2D eigenvalue weighted by Crippen LogP contribution is 2.24. The first-order valence-corrected chi connectivity index (χ1v) is 9.70. The Morgan fingerprint density at radius 2 is 1.96 bits per heavy atom. The van der Waals surface area contributed by atoms with Gasteiger partial charge in [-0.15, -0.1) is 0 Å². The molecule has 0 spiro atoms. The molecule has 0 amide bonds. The van der Waals surface area contributed by atoms with Crippen molar-refractivity contribution in [2.45, 2.75) is 38.5 Å². The van der Waals surface area contributed by atoms with Crippen LogP contribution in [-0.4, -0.2) is 30.6 Å². The monoisotopic (exact) mass is 387 g/mol. The van der Waals surface area contributed by atoms with Crippen LogP contribution in [0.15, 0.2) is 39.0 Å². The second-order valence-corrected chi connectivity index (χ2v) is 6.95. The topological polar surface area (TPSA) is 116 Å². The van der Waals surface area contributed by atoms with Crippen molar-refractivity contribution in [1.82, 2.24) is 19.1 Å². The number of ketones is 1. The van der Waals surface area contributed by atoms with Gasteiger partial charge in [0, 0.05) is 13.1 Å². The molecule has 0 aliphatic carbocycles. The van der Waals surface area contributed by atoms with Gasteiger partial charge in [0.2, 0.25) is 0 Å². The molecule has 0 saturated heterocycles. The van der Waals surface area contributed by atoms with Crippen LogP contribution in [-0.2, 0) is 13.1 Å². The molecule has 142 valence electrons. The van der Waals surface area contributed by atoms with Gasteiger partial charge in [-0.2, -0.15) is 0 Å². The summed E-state index contributed by atoms with van der Waals surface area (Å²) in [6.45, 7) is 4.93. The molecule has 1 aromatic carbocycles. The van der Waals surface area contributed by atoms with Gasteiger partial charge in [0.05, 0.1) is 16.8 Å². The van der Waals surface area contributed by atoms with Crippen LogP contribution in [0.1, 0.15) is 30.6 Å². The molecule has 3 aromatic rings. The van der Waals surface area contributed by atoms with Crippen molar-refractivity contribution in [2.75, 3.05) is 11.5 Å². The molecule has 0 aliphatic rings. The molecule has 0 radical (unpaired) electrons. The molecule has 27 heavy (non-hydrogen) atoms. The normalized spacial score (nSPS) is 11.2. The molecule has 2 aromatic heterocycles. The van der Waals surface area contributed by atoms with Gasteiger partial charge in [0.15, 0.2) is 10.9 Å². The van der Waals surface area contributed by atoms with Crippen molar-refractivity contribution in [2.24, 2.45) is 0 Å². The summed E-state index contributed by atoms with van der Waals surface area (Å²) < 4.78 is 3.24. The smallest absolute Gasteiger partial charge is 0.329 e. The highest BCUT2D eigenvalue weighted by Gasteiger charge is 2.20. The first kappa shape index (κ1) is 19.0. The predicted octanol–water partition coefficient (Wildman–Crippen LogP) is 1.87. The number of carbonyl (C=O) groups excluding carboxylic acids is 1. The molecular formula is C18H21N5O3S. The molecular weight excluding hydrogens is 366 g/mol. The lowest BCUT2D eigenvalue weighted by Gasteiger charge is -2.11. The van der Waals surface area contributed by atoms with E-state index in [-0.39, 0.29) is 17.1 Å². The molecule has 8 nitrogen and oxygen atoms in total. The summed E-state index contributed by atoms with van der Waals surface area (Å²) >= 11 is 1.25. The standard InChI is InChI=1S/C18H21N5O3S/c1-3-9-23-15(19)14(16(25)21-17(23)26)13(24)10-27-18-20-11-7-5-6-8-12(11)22(18)4-2/h5-8H,3-4,9-10,19H2,1-2H3,(H,21,25,26). The Kier molecular flexibility index (Phi) is 5.50. The number of aryl methyl sites for hydroxylation is 1. The molecule has 0 saturated carbocycles. The van der Waals surface area contributed by atoms with E-state index in [4.69, 9.17) is 5.73 Å². The summed E-state index contributed by atoms with van der Waals surface area (Å²) in [4.78, 5) is 43.4. The zero-order valence-corrected chi connectivity index (χ0v) is 16.0. The minimum Gasteiger partial charge on any atom is -0.384 e. The Labute approximate surface area is 159 Å². The summed E-state index contributed by atoms with van der Waals surface area (Å²) in [5.74, 6) is -0.514. The van der Waals surface area contributed by atoms with Crippen molar-refractivity contribution >= 4 is 34.4 Å². The third kappa shape index (κ3) is 3.55. The maximum atomic E-state index is 12.7. The largest absolute Gasteiger partial charge is 0.384 e.